The number of rotatable bonds is 9. The molecule has 0 aromatic carbocycles. The van der Waals surface area contributed by atoms with Gasteiger partial charge in [0.1, 0.15) is 0 Å². The van der Waals surface area contributed by atoms with Crippen LogP contribution in [0.15, 0.2) is 11.9 Å². The highest BCUT2D eigenvalue weighted by Crippen LogP contribution is 2.06. The molecule has 0 aromatic rings. The quantitative estimate of drug-likeness (QED) is 0.636. The lowest BCUT2D eigenvalue weighted by atomic mass is 10.2. The van der Waals surface area contributed by atoms with E-state index in [2.05, 4.69) is 35.9 Å². The van der Waals surface area contributed by atoms with Gasteiger partial charge in [0.15, 0.2) is 0 Å². The monoisotopic (exact) mass is 314 g/mol. The van der Waals surface area contributed by atoms with Gasteiger partial charge >= 0.3 is 0 Å². The van der Waals surface area contributed by atoms with Crippen LogP contribution in [0.25, 0.3) is 0 Å². The van der Waals surface area contributed by atoms with Crippen LogP contribution in [-0.4, -0.2) is 68.3 Å². The van der Waals surface area contributed by atoms with Crippen molar-refractivity contribution in [2.24, 2.45) is 5.73 Å². The van der Waals surface area contributed by atoms with Crippen LogP contribution in [0.4, 0.5) is 0 Å². The fourth-order valence-electron chi connectivity index (χ4n) is 2.32. The molecule has 1 fully saturated rings. The first-order valence-electron chi connectivity index (χ1n) is 8.85. The normalized spacial score (nSPS) is 17.3. The first-order chi connectivity index (χ1) is 10.6. The summed E-state index contributed by atoms with van der Waals surface area (Å²) in [5.74, 6) is 0. The molecule has 132 valence electrons. The van der Waals surface area contributed by atoms with Gasteiger partial charge in [-0.05, 0) is 20.3 Å². The summed E-state index contributed by atoms with van der Waals surface area (Å²) >= 11 is 0. The lowest BCUT2D eigenvalue weighted by molar-refractivity contribution is 0.114. The molecule has 0 saturated carbocycles. The van der Waals surface area contributed by atoms with Gasteiger partial charge in [0.25, 0.3) is 0 Å². The van der Waals surface area contributed by atoms with Crippen molar-refractivity contribution in [1.82, 2.24) is 15.1 Å². The minimum absolute atomic E-state index is 0.648. The third kappa shape index (κ3) is 10.0. The van der Waals surface area contributed by atoms with E-state index >= 15 is 0 Å². The molecule has 22 heavy (non-hydrogen) atoms. The van der Waals surface area contributed by atoms with Crippen molar-refractivity contribution in [3.63, 3.8) is 0 Å². The average molecular weight is 315 g/mol. The van der Waals surface area contributed by atoms with E-state index in [1.165, 1.54) is 0 Å². The maximum atomic E-state index is 6.04. The molecule has 0 radical (unpaired) electrons. The third-order valence-electron chi connectivity index (χ3n) is 3.57. The average Bonchev–Trinajstić information content (AvgIpc) is 2.53. The largest absolute Gasteiger partial charge is 0.400 e. The number of hydrogen-bond donors (Lipinski definition) is 2. The van der Waals surface area contributed by atoms with Gasteiger partial charge in [-0.25, -0.2) is 0 Å². The smallest absolute Gasteiger partial charge is 0.0638 e. The Bertz CT molecular complexity index is 274. The second kappa shape index (κ2) is 13.9. The van der Waals surface area contributed by atoms with Gasteiger partial charge in [-0.1, -0.05) is 20.8 Å². The van der Waals surface area contributed by atoms with Crippen LogP contribution in [0, 0.1) is 0 Å². The highest BCUT2D eigenvalue weighted by atomic mass is 16.5. The van der Waals surface area contributed by atoms with Crippen molar-refractivity contribution in [1.29, 1.82) is 0 Å². The van der Waals surface area contributed by atoms with Crippen molar-refractivity contribution < 1.29 is 4.74 Å². The van der Waals surface area contributed by atoms with Crippen molar-refractivity contribution in [2.75, 3.05) is 52.5 Å². The summed E-state index contributed by atoms with van der Waals surface area (Å²) in [6.07, 6.45) is 2.99. The number of ether oxygens (including phenoxy) is 1. The van der Waals surface area contributed by atoms with Crippen LogP contribution in [0.5, 0.6) is 0 Å². The van der Waals surface area contributed by atoms with Crippen molar-refractivity contribution >= 4 is 0 Å². The van der Waals surface area contributed by atoms with E-state index in [0.29, 0.717) is 6.04 Å². The lowest BCUT2D eigenvalue weighted by Crippen LogP contribution is -2.49. The van der Waals surface area contributed by atoms with E-state index in [9.17, 15) is 0 Å². The molecule has 0 atom stereocenters. The number of nitrogens with two attached hydrogens (primary N) is 1. The third-order valence-corrected chi connectivity index (χ3v) is 3.57. The van der Waals surface area contributed by atoms with Crippen molar-refractivity contribution in [3.8, 4) is 0 Å². The molecule has 1 rings (SSSR count). The highest BCUT2D eigenvalue weighted by molar-refractivity contribution is 4.98. The van der Waals surface area contributed by atoms with Gasteiger partial charge in [0, 0.05) is 63.8 Å². The second-order valence-electron chi connectivity index (χ2n) is 5.69. The van der Waals surface area contributed by atoms with E-state index in [1.54, 1.807) is 0 Å². The standard InChI is InChI=1S/C15H32N4O.C2H6/c1-4-10-20-11-5-17-12-15(16)13-18-6-8-19(9-7-18)14(2)3;1-2/h12,14,17H,4-11,13,16H2,1-3H3;1-2H3/b15-12-;. The maximum Gasteiger partial charge on any atom is 0.0638 e. The minimum Gasteiger partial charge on any atom is -0.400 e. The van der Waals surface area contributed by atoms with Gasteiger partial charge in [-0.15, -0.1) is 0 Å². The molecule has 5 heteroatoms. The molecule has 0 unspecified atom stereocenters. The predicted molar refractivity (Wildman–Crippen MR) is 95.9 cm³/mol. The number of nitrogens with zero attached hydrogens (tertiary/aromatic N) is 2. The predicted octanol–water partition coefficient (Wildman–Crippen LogP) is 1.85. The van der Waals surface area contributed by atoms with E-state index in [-0.39, 0.29) is 0 Å². The summed E-state index contributed by atoms with van der Waals surface area (Å²) in [5.41, 5.74) is 6.94. The molecule has 1 saturated heterocycles. The zero-order valence-corrected chi connectivity index (χ0v) is 15.4. The van der Waals surface area contributed by atoms with Gasteiger partial charge < -0.3 is 15.8 Å². The molecule has 0 spiro atoms. The summed E-state index contributed by atoms with van der Waals surface area (Å²) in [6.45, 7) is 18.4. The molecule has 5 nitrogen and oxygen atoms in total. The first kappa shape index (κ1) is 21.2. The number of nitrogens with one attached hydrogen (secondary N) is 1. The Morgan fingerprint density at radius 1 is 1.18 bits per heavy atom. The van der Waals surface area contributed by atoms with Crippen LogP contribution >= 0.6 is 0 Å². The van der Waals surface area contributed by atoms with Crippen LogP contribution in [-0.2, 0) is 4.74 Å². The highest BCUT2D eigenvalue weighted by Gasteiger charge is 2.18. The molecule has 0 aliphatic carbocycles. The minimum atomic E-state index is 0.648. The number of piperazine rings is 1. The van der Waals surface area contributed by atoms with Crippen molar-refractivity contribution in [2.45, 2.75) is 47.1 Å². The Morgan fingerprint density at radius 3 is 2.36 bits per heavy atom. The topological polar surface area (TPSA) is 53.8 Å². The molecular weight excluding hydrogens is 276 g/mol. The fourth-order valence-corrected chi connectivity index (χ4v) is 2.32. The Morgan fingerprint density at radius 2 is 1.82 bits per heavy atom. The van der Waals surface area contributed by atoms with E-state index < -0.39 is 0 Å². The second-order valence-corrected chi connectivity index (χ2v) is 5.69. The summed E-state index contributed by atoms with van der Waals surface area (Å²) < 4.78 is 5.40. The lowest BCUT2D eigenvalue weighted by Gasteiger charge is -2.36. The molecule has 0 bridgehead atoms. The molecule has 0 amide bonds. The molecule has 3 N–H and O–H groups in total. The van der Waals surface area contributed by atoms with Crippen LogP contribution in [0.1, 0.15) is 41.0 Å². The van der Waals surface area contributed by atoms with Crippen LogP contribution < -0.4 is 11.1 Å². The fraction of sp³-hybridized carbons (Fsp3) is 0.882. The Labute approximate surface area is 137 Å². The first-order valence-corrected chi connectivity index (χ1v) is 8.85. The summed E-state index contributed by atoms with van der Waals surface area (Å²) in [4.78, 5) is 4.93. The summed E-state index contributed by atoms with van der Waals surface area (Å²) in [6, 6.07) is 0.648. The summed E-state index contributed by atoms with van der Waals surface area (Å²) in [7, 11) is 0. The Hall–Kier alpha value is -0.780. The zero-order chi connectivity index (χ0) is 16.8. The molecule has 1 aliphatic heterocycles. The van der Waals surface area contributed by atoms with E-state index in [1.807, 2.05) is 20.0 Å². The molecule has 0 aromatic heterocycles. The molecule has 1 aliphatic rings. The summed E-state index contributed by atoms with van der Waals surface area (Å²) in [5, 5.41) is 3.21. The van der Waals surface area contributed by atoms with Gasteiger partial charge in [-0.3, -0.25) is 9.80 Å². The van der Waals surface area contributed by atoms with Crippen molar-refractivity contribution in [3.05, 3.63) is 11.9 Å². The van der Waals surface area contributed by atoms with E-state index in [4.69, 9.17) is 10.5 Å². The SMILES string of the molecule is CC.CCCOCCN/C=C(\N)CN1CCN(C(C)C)CC1. The zero-order valence-electron chi connectivity index (χ0n) is 15.4. The van der Waals surface area contributed by atoms with Crippen LogP contribution in [0.3, 0.4) is 0 Å². The number of hydrogen-bond acceptors (Lipinski definition) is 5. The van der Waals surface area contributed by atoms with Crippen LogP contribution in [0.2, 0.25) is 0 Å². The molecular formula is C17H38N4O. The van der Waals surface area contributed by atoms with E-state index in [0.717, 1.165) is 64.6 Å². The van der Waals surface area contributed by atoms with Gasteiger partial charge in [0.05, 0.1) is 6.61 Å². The Balaban J connectivity index is 0.00000211. The van der Waals surface area contributed by atoms with Gasteiger partial charge in [-0.2, -0.15) is 0 Å². The van der Waals surface area contributed by atoms with Gasteiger partial charge in [0.2, 0.25) is 0 Å². The maximum absolute atomic E-state index is 6.04. The Kier molecular flexibility index (Phi) is 13.4. The molecule has 1 heterocycles.